The molecule has 0 aliphatic carbocycles. The first-order valence-electron chi connectivity index (χ1n) is 1.61. The van der Waals surface area contributed by atoms with E-state index in [1.807, 2.05) is 0 Å². The third-order valence-electron chi connectivity index (χ3n) is 0.276. The molecule has 0 aliphatic rings. The van der Waals surface area contributed by atoms with Crippen molar-refractivity contribution in [3.05, 3.63) is 0 Å². The minimum atomic E-state index is -1.44. The zero-order chi connectivity index (χ0) is 6.57. The fourth-order valence-corrected chi connectivity index (χ4v) is 0.107. The average Bonchev–Trinajstić information content (AvgIpc) is 1.61. The molecule has 4 nitrogen and oxygen atoms in total. The van der Waals surface area contributed by atoms with E-state index in [4.69, 9.17) is 10.2 Å². The maximum absolute atomic E-state index is 9.47. The fraction of sp³-hybridized carbons (Fsp3) is 0. The molecule has 0 heterocycles. The third kappa shape index (κ3) is 15.8. The van der Waals surface area contributed by atoms with Crippen LogP contribution in [-0.4, -0.2) is 22.2 Å². The Kier molecular flexibility index (Phi) is 16.0. The van der Waals surface area contributed by atoms with E-state index >= 15 is 0 Å². The molecule has 0 aliphatic heterocycles. The fourth-order valence-electron chi connectivity index (χ4n) is 0.107. The van der Waals surface area contributed by atoms with Crippen molar-refractivity contribution in [2.24, 2.45) is 0 Å². The summed E-state index contributed by atoms with van der Waals surface area (Å²) >= 11 is 0. The summed E-state index contributed by atoms with van der Waals surface area (Å²) in [6.07, 6.45) is 0. The summed E-state index contributed by atoms with van der Waals surface area (Å²) in [5.41, 5.74) is 0. The van der Waals surface area contributed by atoms with Crippen molar-refractivity contribution in [1.29, 1.82) is 0 Å². The third-order valence-corrected chi connectivity index (χ3v) is 0.276. The smallest absolute Gasteiger partial charge is 1.00 e. The minimum absolute atomic E-state index is 0. The molecule has 0 saturated carbocycles. The molecule has 0 aromatic carbocycles. The van der Waals surface area contributed by atoms with Crippen molar-refractivity contribution in [2.75, 3.05) is 0 Å². The molecular weight excluding hydrogens is 158 g/mol. The van der Waals surface area contributed by atoms with Gasteiger partial charge in [-0.25, -0.2) is 9.59 Å². The van der Waals surface area contributed by atoms with Gasteiger partial charge in [-0.15, -0.1) is 0 Å². The summed E-state index contributed by atoms with van der Waals surface area (Å²) in [5, 5.41) is 15.5. The molecule has 2 N–H and O–H groups in total. The summed E-state index contributed by atoms with van der Waals surface area (Å²) < 4.78 is 0. The van der Waals surface area contributed by atoms with Crippen molar-refractivity contribution in [3.63, 3.8) is 0 Å². The Hall–Kier alpha value is 0.500. The summed E-state index contributed by atoms with van der Waals surface area (Å²) in [6.45, 7) is 0. The van der Waals surface area contributed by atoms with Gasteiger partial charge in [0.05, 0.1) is 0 Å². The van der Waals surface area contributed by atoms with E-state index < -0.39 is 11.9 Å². The first kappa shape index (κ1) is 16.8. The van der Waals surface area contributed by atoms with Gasteiger partial charge in [0.2, 0.25) is 0 Å². The Morgan fingerprint density at radius 3 is 1.30 bits per heavy atom. The van der Waals surface area contributed by atoms with Crippen molar-refractivity contribution < 1.29 is 81.8 Å². The van der Waals surface area contributed by atoms with Crippen LogP contribution in [0.4, 0.5) is 0 Å². The van der Waals surface area contributed by atoms with Crippen LogP contribution in [0.15, 0.2) is 0 Å². The van der Waals surface area contributed by atoms with Gasteiger partial charge < -0.3 is 13.1 Å². The van der Waals surface area contributed by atoms with Crippen LogP contribution in [-0.2, 0) is 9.59 Å². The minimum Gasteiger partial charge on any atom is -1.00 e. The van der Waals surface area contributed by atoms with E-state index in [1.165, 1.54) is 11.8 Å². The maximum atomic E-state index is 9.47. The standard InChI is InChI=1S/C4H2O4.2Na.2H/c5-3(6)1-2-4(7)8;;;;/h(H,5,6)(H,7,8);;;;/q;2*+1;2*-1. The van der Waals surface area contributed by atoms with Crippen LogP contribution >= 0.6 is 0 Å². The second kappa shape index (κ2) is 9.50. The van der Waals surface area contributed by atoms with Crippen LogP contribution in [0.25, 0.3) is 0 Å². The van der Waals surface area contributed by atoms with Gasteiger partial charge in [-0.2, -0.15) is 0 Å². The summed E-state index contributed by atoms with van der Waals surface area (Å²) in [4.78, 5) is 18.9. The maximum Gasteiger partial charge on any atom is 1.00 e. The number of carboxylic acids is 2. The van der Waals surface area contributed by atoms with Crippen molar-refractivity contribution >= 4 is 11.9 Å². The monoisotopic (exact) mass is 162 g/mol. The second-order valence-electron chi connectivity index (χ2n) is 0.860. The quantitative estimate of drug-likeness (QED) is 0.274. The van der Waals surface area contributed by atoms with Gasteiger partial charge in [0.25, 0.3) is 0 Å². The van der Waals surface area contributed by atoms with Gasteiger partial charge in [-0.05, 0) is 0 Å². The number of hydrogen-bond donors (Lipinski definition) is 2. The molecule has 0 bridgehead atoms. The average molecular weight is 162 g/mol. The predicted molar refractivity (Wildman–Crippen MR) is 25.3 cm³/mol. The number of carbonyl (C=O) groups is 2. The number of hydrogen-bond acceptors (Lipinski definition) is 2. The summed E-state index contributed by atoms with van der Waals surface area (Å²) in [7, 11) is 0. The molecule has 0 spiro atoms. The van der Waals surface area contributed by atoms with Crippen molar-refractivity contribution in [1.82, 2.24) is 0 Å². The molecule has 10 heavy (non-hydrogen) atoms. The van der Waals surface area contributed by atoms with Crippen molar-refractivity contribution in [2.45, 2.75) is 0 Å². The number of aliphatic carboxylic acids is 2. The van der Waals surface area contributed by atoms with Gasteiger partial charge in [0.1, 0.15) is 0 Å². The Morgan fingerprint density at radius 2 is 1.20 bits per heavy atom. The predicted octanol–water partition coefficient (Wildman–Crippen LogP) is -6.61. The Morgan fingerprint density at radius 1 is 1.00 bits per heavy atom. The Balaban J connectivity index is -0.0000000408. The van der Waals surface area contributed by atoms with Crippen LogP contribution in [0.3, 0.4) is 0 Å². The number of rotatable bonds is 0. The molecule has 0 atom stereocenters. The first-order valence-corrected chi connectivity index (χ1v) is 1.61. The zero-order valence-corrected chi connectivity index (χ0v) is 9.71. The summed E-state index contributed by atoms with van der Waals surface area (Å²) in [6, 6.07) is 0. The summed E-state index contributed by atoms with van der Waals surface area (Å²) in [5.74, 6) is -0.0511. The van der Waals surface area contributed by atoms with Gasteiger partial charge in [0.15, 0.2) is 0 Å². The molecule has 0 amide bonds. The molecular formula is C4H4Na2O4. The van der Waals surface area contributed by atoms with Crippen LogP contribution in [0.2, 0.25) is 0 Å². The molecule has 0 unspecified atom stereocenters. The van der Waals surface area contributed by atoms with Gasteiger partial charge in [0, 0.05) is 11.8 Å². The van der Waals surface area contributed by atoms with E-state index in [2.05, 4.69) is 0 Å². The largest absolute Gasteiger partial charge is 1.00 e. The first-order chi connectivity index (χ1) is 3.63. The Labute approximate surface area is 105 Å². The van der Waals surface area contributed by atoms with E-state index in [9.17, 15) is 9.59 Å². The normalized spacial score (nSPS) is 5.20. The molecule has 6 heteroatoms. The van der Waals surface area contributed by atoms with E-state index in [1.54, 1.807) is 0 Å². The number of carboxylic acid groups (broad SMARTS) is 2. The van der Waals surface area contributed by atoms with E-state index in [0.717, 1.165) is 0 Å². The van der Waals surface area contributed by atoms with E-state index in [-0.39, 0.29) is 62.0 Å². The van der Waals surface area contributed by atoms with E-state index in [0.29, 0.717) is 0 Å². The van der Waals surface area contributed by atoms with Gasteiger partial charge in [-0.3, -0.25) is 0 Å². The second-order valence-corrected chi connectivity index (χ2v) is 0.860. The molecule has 0 radical (unpaired) electrons. The Bertz CT molecular complexity index is 167. The van der Waals surface area contributed by atoms with Crippen LogP contribution in [0.5, 0.6) is 0 Å². The SMILES string of the molecule is O=C(O)C#CC(=O)O.[H-].[H-].[Na+].[Na+]. The molecule has 0 fully saturated rings. The van der Waals surface area contributed by atoms with Crippen LogP contribution in [0.1, 0.15) is 2.85 Å². The van der Waals surface area contributed by atoms with Gasteiger partial charge >= 0.3 is 71.1 Å². The molecule has 0 saturated heterocycles. The van der Waals surface area contributed by atoms with Crippen molar-refractivity contribution in [3.8, 4) is 11.8 Å². The van der Waals surface area contributed by atoms with Gasteiger partial charge in [-0.1, -0.05) is 0 Å². The molecule has 0 rings (SSSR count). The molecule has 46 valence electrons. The topological polar surface area (TPSA) is 74.6 Å². The van der Waals surface area contributed by atoms with Crippen LogP contribution in [0, 0.1) is 11.8 Å². The molecule has 0 aromatic rings. The zero-order valence-electron chi connectivity index (χ0n) is 7.71. The van der Waals surface area contributed by atoms with Crippen LogP contribution < -0.4 is 59.1 Å². The molecule has 0 aromatic heterocycles.